The van der Waals surface area contributed by atoms with Gasteiger partial charge in [0.05, 0.1) is 12.2 Å². The first-order valence-corrected chi connectivity index (χ1v) is 8.02. The lowest BCUT2D eigenvalue weighted by Gasteiger charge is -2.18. The molecular weight excluding hydrogens is 304 g/mol. The van der Waals surface area contributed by atoms with Gasteiger partial charge in [0.25, 0.3) is 5.56 Å². The lowest BCUT2D eigenvalue weighted by molar-refractivity contribution is 0.222. The molecule has 1 aliphatic rings. The van der Waals surface area contributed by atoms with Crippen LogP contribution in [0.2, 0.25) is 0 Å². The molecule has 4 heterocycles. The summed E-state index contributed by atoms with van der Waals surface area (Å²) < 4.78 is 7.61. The predicted octanol–water partition coefficient (Wildman–Crippen LogP) is 2.06. The first kappa shape index (κ1) is 14.7. The molecule has 6 nitrogen and oxygen atoms in total. The van der Waals surface area contributed by atoms with Crippen LogP contribution in [0.3, 0.4) is 0 Å². The van der Waals surface area contributed by atoms with Crippen molar-refractivity contribution in [1.29, 1.82) is 0 Å². The van der Waals surface area contributed by atoms with Crippen molar-refractivity contribution in [2.45, 2.75) is 19.4 Å². The standard InChI is InChI=1S/C18H18N4O2/c1-13-15(5-4-8-19-13)24-14-7-10-21(12-14)17-11-18(23)22-9-3-2-6-16(22)20-17/h2-6,8-9,11,14H,7,10,12H2,1H3. The average molecular weight is 322 g/mol. The lowest BCUT2D eigenvalue weighted by Crippen LogP contribution is -2.27. The molecule has 122 valence electrons. The average Bonchev–Trinajstić information content (AvgIpc) is 3.06. The molecule has 0 N–H and O–H groups in total. The highest BCUT2D eigenvalue weighted by Gasteiger charge is 2.26. The maximum absolute atomic E-state index is 12.2. The highest BCUT2D eigenvalue weighted by molar-refractivity contribution is 5.48. The number of aromatic nitrogens is 3. The van der Waals surface area contributed by atoms with Gasteiger partial charge in [-0.2, -0.15) is 0 Å². The van der Waals surface area contributed by atoms with Crippen molar-refractivity contribution in [3.05, 3.63) is 64.8 Å². The Morgan fingerprint density at radius 2 is 2.17 bits per heavy atom. The first-order chi connectivity index (χ1) is 11.7. The van der Waals surface area contributed by atoms with Crippen LogP contribution in [0.25, 0.3) is 5.65 Å². The van der Waals surface area contributed by atoms with Crippen molar-refractivity contribution >= 4 is 11.5 Å². The van der Waals surface area contributed by atoms with Gasteiger partial charge in [-0.15, -0.1) is 0 Å². The van der Waals surface area contributed by atoms with Gasteiger partial charge in [-0.05, 0) is 31.2 Å². The Hall–Kier alpha value is -2.89. The molecule has 0 saturated carbocycles. The van der Waals surface area contributed by atoms with Crippen molar-refractivity contribution in [3.8, 4) is 5.75 Å². The van der Waals surface area contributed by atoms with E-state index in [9.17, 15) is 4.79 Å². The summed E-state index contributed by atoms with van der Waals surface area (Å²) in [5.74, 6) is 1.52. The second-order valence-corrected chi connectivity index (χ2v) is 5.94. The van der Waals surface area contributed by atoms with Crippen LogP contribution in [-0.4, -0.2) is 33.6 Å². The monoisotopic (exact) mass is 322 g/mol. The van der Waals surface area contributed by atoms with E-state index in [1.165, 1.54) is 0 Å². The van der Waals surface area contributed by atoms with Gasteiger partial charge in [-0.3, -0.25) is 14.2 Å². The Morgan fingerprint density at radius 1 is 1.25 bits per heavy atom. The molecule has 1 saturated heterocycles. The number of rotatable bonds is 3. The summed E-state index contributed by atoms with van der Waals surface area (Å²) in [5.41, 5.74) is 1.48. The smallest absolute Gasteiger partial charge is 0.259 e. The van der Waals surface area contributed by atoms with Crippen molar-refractivity contribution < 1.29 is 4.74 Å². The highest BCUT2D eigenvalue weighted by Crippen LogP contribution is 2.23. The molecule has 0 aliphatic carbocycles. The normalized spacial score (nSPS) is 17.4. The van der Waals surface area contributed by atoms with E-state index < -0.39 is 0 Å². The predicted molar refractivity (Wildman–Crippen MR) is 91.7 cm³/mol. The Kier molecular flexibility index (Phi) is 3.65. The summed E-state index contributed by atoms with van der Waals surface area (Å²) in [5, 5.41) is 0. The number of hydrogen-bond donors (Lipinski definition) is 0. The summed E-state index contributed by atoms with van der Waals surface area (Å²) in [6.45, 7) is 3.47. The molecule has 1 aliphatic heterocycles. The molecule has 6 heteroatoms. The molecule has 0 spiro atoms. The molecule has 1 atom stereocenters. The fourth-order valence-corrected chi connectivity index (χ4v) is 3.01. The van der Waals surface area contributed by atoms with E-state index in [1.54, 1.807) is 22.9 Å². The third kappa shape index (κ3) is 2.71. The van der Waals surface area contributed by atoms with Gasteiger partial charge in [-0.1, -0.05) is 6.07 Å². The molecular formula is C18H18N4O2. The van der Waals surface area contributed by atoms with Crippen LogP contribution >= 0.6 is 0 Å². The summed E-state index contributed by atoms with van der Waals surface area (Å²) in [6, 6.07) is 10.9. The number of hydrogen-bond acceptors (Lipinski definition) is 5. The van der Waals surface area contributed by atoms with Crippen molar-refractivity contribution in [3.63, 3.8) is 0 Å². The van der Waals surface area contributed by atoms with Gasteiger partial charge in [0.1, 0.15) is 23.3 Å². The number of pyridine rings is 2. The Bertz CT molecular complexity index is 937. The first-order valence-electron chi connectivity index (χ1n) is 8.02. The second-order valence-electron chi connectivity index (χ2n) is 5.94. The van der Waals surface area contributed by atoms with Gasteiger partial charge < -0.3 is 9.64 Å². The number of anilines is 1. The minimum Gasteiger partial charge on any atom is -0.487 e. The molecule has 4 rings (SSSR count). The fourth-order valence-electron chi connectivity index (χ4n) is 3.01. The summed E-state index contributed by atoms with van der Waals surface area (Å²) in [7, 11) is 0. The number of nitrogens with zero attached hydrogens (tertiary/aromatic N) is 4. The fraction of sp³-hybridized carbons (Fsp3) is 0.278. The SMILES string of the molecule is Cc1ncccc1OC1CCN(c2cc(=O)n3ccccc3n2)C1. The van der Waals surface area contributed by atoms with E-state index in [0.717, 1.165) is 24.4 Å². The van der Waals surface area contributed by atoms with E-state index in [-0.39, 0.29) is 11.7 Å². The molecule has 0 bridgehead atoms. The van der Waals surface area contributed by atoms with Crippen LogP contribution in [0, 0.1) is 6.92 Å². The zero-order valence-corrected chi connectivity index (χ0v) is 13.4. The Morgan fingerprint density at radius 3 is 3.04 bits per heavy atom. The van der Waals surface area contributed by atoms with Gasteiger partial charge in [0.15, 0.2) is 0 Å². The summed E-state index contributed by atoms with van der Waals surface area (Å²) in [4.78, 5) is 23.2. The van der Waals surface area contributed by atoms with Crippen LogP contribution in [0.4, 0.5) is 5.82 Å². The minimum absolute atomic E-state index is 0.0666. The molecule has 0 radical (unpaired) electrons. The molecule has 3 aromatic rings. The van der Waals surface area contributed by atoms with Crippen LogP contribution in [0.5, 0.6) is 5.75 Å². The summed E-state index contributed by atoms with van der Waals surface area (Å²) in [6.07, 6.45) is 4.46. The third-order valence-electron chi connectivity index (χ3n) is 4.28. The van der Waals surface area contributed by atoms with E-state index in [0.29, 0.717) is 18.0 Å². The topological polar surface area (TPSA) is 59.7 Å². The van der Waals surface area contributed by atoms with Crippen molar-refractivity contribution in [2.24, 2.45) is 0 Å². The van der Waals surface area contributed by atoms with Crippen molar-refractivity contribution in [1.82, 2.24) is 14.4 Å². The Balaban J connectivity index is 1.55. The molecule has 0 amide bonds. The van der Waals surface area contributed by atoms with Gasteiger partial charge in [-0.25, -0.2) is 4.98 Å². The zero-order chi connectivity index (χ0) is 16.5. The largest absolute Gasteiger partial charge is 0.487 e. The molecule has 1 fully saturated rings. The van der Waals surface area contributed by atoms with E-state index in [4.69, 9.17) is 4.74 Å². The number of fused-ring (bicyclic) bond motifs is 1. The Labute approximate surface area is 139 Å². The molecule has 1 unspecified atom stereocenters. The van der Waals surface area contributed by atoms with Crippen LogP contribution in [0.1, 0.15) is 12.1 Å². The minimum atomic E-state index is -0.0666. The van der Waals surface area contributed by atoms with Gasteiger partial charge >= 0.3 is 0 Å². The van der Waals surface area contributed by atoms with Crippen molar-refractivity contribution in [2.75, 3.05) is 18.0 Å². The van der Waals surface area contributed by atoms with Crippen LogP contribution < -0.4 is 15.2 Å². The number of ether oxygens (including phenoxy) is 1. The van der Waals surface area contributed by atoms with E-state index in [2.05, 4.69) is 14.9 Å². The molecule has 0 aromatic carbocycles. The van der Waals surface area contributed by atoms with Gasteiger partial charge in [0, 0.05) is 31.4 Å². The van der Waals surface area contributed by atoms with Gasteiger partial charge in [0.2, 0.25) is 0 Å². The quantitative estimate of drug-likeness (QED) is 0.739. The van der Waals surface area contributed by atoms with E-state index in [1.807, 2.05) is 37.3 Å². The van der Waals surface area contributed by atoms with Crippen LogP contribution in [-0.2, 0) is 0 Å². The second kappa shape index (κ2) is 5.96. The maximum Gasteiger partial charge on any atom is 0.259 e. The zero-order valence-electron chi connectivity index (χ0n) is 13.4. The van der Waals surface area contributed by atoms with E-state index >= 15 is 0 Å². The van der Waals surface area contributed by atoms with Crippen LogP contribution in [0.15, 0.2) is 53.6 Å². The summed E-state index contributed by atoms with van der Waals surface area (Å²) >= 11 is 0. The highest BCUT2D eigenvalue weighted by atomic mass is 16.5. The maximum atomic E-state index is 12.2. The molecule has 3 aromatic heterocycles. The lowest BCUT2D eigenvalue weighted by atomic mass is 10.3. The molecule has 24 heavy (non-hydrogen) atoms. The third-order valence-corrected chi connectivity index (χ3v) is 4.28. The number of aryl methyl sites for hydroxylation is 1.